The fourth-order valence-electron chi connectivity index (χ4n) is 4.14. The number of aryl methyl sites for hydroxylation is 1. The number of nitrogens with zero attached hydrogens (tertiary/aromatic N) is 1. The molecule has 3 aromatic rings. The topological polar surface area (TPSA) is 41.6 Å². The van der Waals surface area contributed by atoms with Crippen LogP contribution in [0.3, 0.4) is 0 Å². The number of hydrogen-bond donors (Lipinski definition) is 1. The van der Waals surface area contributed by atoms with Crippen LogP contribution >= 0.6 is 0 Å². The molecule has 3 aromatic carbocycles. The first-order valence-electron chi connectivity index (χ1n) is 10.8. The van der Waals surface area contributed by atoms with E-state index >= 15 is 0 Å². The van der Waals surface area contributed by atoms with Crippen LogP contribution in [-0.2, 0) is 6.42 Å². The summed E-state index contributed by atoms with van der Waals surface area (Å²) in [7, 11) is 1.63. The van der Waals surface area contributed by atoms with E-state index in [1.165, 1.54) is 11.1 Å². The minimum absolute atomic E-state index is 0.0589. The summed E-state index contributed by atoms with van der Waals surface area (Å²) < 4.78 is 5.22. The molecule has 0 fully saturated rings. The highest BCUT2D eigenvalue weighted by molar-refractivity contribution is 5.90. The average molecular weight is 413 g/mol. The molecule has 0 aliphatic heterocycles. The van der Waals surface area contributed by atoms with Gasteiger partial charge in [0.15, 0.2) is 0 Å². The highest BCUT2D eigenvalue weighted by Gasteiger charge is 2.28. The van der Waals surface area contributed by atoms with Gasteiger partial charge in [-0.3, -0.25) is 0 Å². The molecule has 4 rings (SSSR count). The first-order chi connectivity index (χ1) is 15.2. The third-order valence-electron chi connectivity index (χ3n) is 5.73. The van der Waals surface area contributed by atoms with Gasteiger partial charge in [0.2, 0.25) is 0 Å². The number of ether oxygens (including phenoxy) is 1. The zero-order valence-corrected chi connectivity index (χ0v) is 17.8. The maximum atomic E-state index is 13.4. The van der Waals surface area contributed by atoms with Crippen molar-refractivity contribution >= 4 is 17.8 Å². The summed E-state index contributed by atoms with van der Waals surface area (Å²) in [5.74, 6) is 0.766. The van der Waals surface area contributed by atoms with Crippen LogP contribution in [0, 0.1) is 0 Å². The summed E-state index contributed by atoms with van der Waals surface area (Å²) in [5, 5.41) is 3.07. The number of benzene rings is 3. The number of rotatable bonds is 6. The molecule has 0 saturated carbocycles. The van der Waals surface area contributed by atoms with Crippen molar-refractivity contribution in [1.29, 1.82) is 0 Å². The summed E-state index contributed by atoms with van der Waals surface area (Å²) >= 11 is 0. The molecule has 1 N–H and O–H groups in total. The van der Waals surface area contributed by atoms with Crippen molar-refractivity contribution < 1.29 is 9.53 Å². The Morgan fingerprint density at radius 2 is 1.77 bits per heavy atom. The predicted octanol–water partition coefficient (Wildman–Crippen LogP) is 6.32. The lowest BCUT2D eigenvalue weighted by Crippen LogP contribution is -2.39. The minimum atomic E-state index is -0.0930. The van der Waals surface area contributed by atoms with E-state index in [2.05, 4.69) is 53.9 Å². The largest absolute Gasteiger partial charge is 0.497 e. The Hall–Kier alpha value is -3.53. The SMILES string of the molecule is COc1ccc(NC(=O)N(C/C=C/c2ccccc2)C2CCCc3ccccc32)cc1. The molecular formula is C27H28N2O2. The Morgan fingerprint density at radius 1 is 1.03 bits per heavy atom. The fourth-order valence-corrected chi connectivity index (χ4v) is 4.14. The van der Waals surface area contributed by atoms with E-state index in [-0.39, 0.29) is 12.1 Å². The van der Waals surface area contributed by atoms with Gasteiger partial charge in [0.05, 0.1) is 13.2 Å². The third kappa shape index (κ3) is 5.15. The van der Waals surface area contributed by atoms with Crippen molar-refractivity contribution in [3.8, 4) is 5.75 Å². The quantitative estimate of drug-likeness (QED) is 0.515. The first-order valence-corrected chi connectivity index (χ1v) is 10.8. The second-order valence-corrected chi connectivity index (χ2v) is 7.73. The summed E-state index contributed by atoms with van der Waals surface area (Å²) in [6.07, 6.45) is 7.26. The molecule has 1 aliphatic carbocycles. The maximum Gasteiger partial charge on any atom is 0.322 e. The lowest BCUT2D eigenvalue weighted by Gasteiger charge is -2.35. The number of hydrogen-bond acceptors (Lipinski definition) is 2. The number of amides is 2. The Bertz CT molecular complexity index is 1030. The third-order valence-corrected chi connectivity index (χ3v) is 5.73. The van der Waals surface area contributed by atoms with Gasteiger partial charge in [-0.15, -0.1) is 0 Å². The van der Waals surface area contributed by atoms with Gasteiger partial charge in [0, 0.05) is 12.2 Å². The standard InChI is InChI=1S/C27H28N2O2/c1-31-24-18-16-23(17-19-24)28-27(30)29(20-8-11-21-9-3-2-4-10-21)26-15-7-13-22-12-5-6-14-25(22)26/h2-6,8-12,14,16-19,26H,7,13,15,20H2,1H3,(H,28,30)/b11-8+. The van der Waals surface area contributed by atoms with E-state index < -0.39 is 0 Å². The Labute approximate surface area is 184 Å². The van der Waals surface area contributed by atoms with Crippen LogP contribution in [0.15, 0.2) is 84.9 Å². The highest BCUT2D eigenvalue weighted by atomic mass is 16.5. The van der Waals surface area contributed by atoms with E-state index in [1.807, 2.05) is 47.4 Å². The van der Waals surface area contributed by atoms with Gasteiger partial charge in [0.1, 0.15) is 5.75 Å². The molecule has 0 bridgehead atoms. The Kier molecular flexibility index (Phi) is 6.68. The van der Waals surface area contributed by atoms with Crippen molar-refractivity contribution in [3.05, 3.63) is 102 Å². The monoisotopic (exact) mass is 412 g/mol. The molecular weight excluding hydrogens is 384 g/mol. The van der Waals surface area contributed by atoms with Crippen molar-refractivity contribution in [2.75, 3.05) is 19.0 Å². The lowest BCUT2D eigenvalue weighted by molar-refractivity contribution is 0.188. The van der Waals surface area contributed by atoms with Gasteiger partial charge in [-0.2, -0.15) is 0 Å². The molecule has 0 aromatic heterocycles. The number of fused-ring (bicyclic) bond motifs is 1. The number of methoxy groups -OCH3 is 1. The molecule has 1 aliphatic rings. The first kappa shape index (κ1) is 20.7. The molecule has 0 saturated heterocycles. The number of urea groups is 1. The van der Waals surface area contributed by atoms with Crippen LogP contribution in [0.4, 0.5) is 10.5 Å². The van der Waals surface area contributed by atoms with Gasteiger partial charge in [0.25, 0.3) is 0 Å². The zero-order valence-electron chi connectivity index (χ0n) is 17.8. The normalized spacial score (nSPS) is 15.3. The average Bonchev–Trinajstić information content (AvgIpc) is 2.83. The second kappa shape index (κ2) is 9.98. The van der Waals surface area contributed by atoms with Crippen LogP contribution in [0.25, 0.3) is 6.08 Å². The molecule has 158 valence electrons. The van der Waals surface area contributed by atoms with Crippen LogP contribution < -0.4 is 10.1 Å². The van der Waals surface area contributed by atoms with Gasteiger partial charge < -0.3 is 15.0 Å². The van der Waals surface area contributed by atoms with Crippen LogP contribution in [-0.4, -0.2) is 24.6 Å². The minimum Gasteiger partial charge on any atom is -0.497 e. The molecule has 4 heteroatoms. The van der Waals surface area contributed by atoms with E-state index in [4.69, 9.17) is 4.74 Å². The van der Waals surface area contributed by atoms with Gasteiger partial charge in [-0.1, -0.05) is 66.7 Å². The molecule has 0 radical (unpaired) electrons. The Balaban J connectivity index is 1.57. The zero-order chi connectivity index (χ0) is 21.5. The maximum absolute atomic E-state index is 13.4. The smallest absolute Gasteiger partial charge is 0.322 e. The van der Waals surface area contributed by atoms with E-state index in [0.29, 0.717) is 6.54 Å². The molecule has 1 atom stereocenters. The fraction of sp³-hybridized carbons (Fsp3) is 0.222. The van der Waals surface area contributed by atoms with Crippen molar-refractivity contribution in [1.82, 2.24) is 4.90 Å². The molecule has 0 spiro atoms. The van der Waals surface area contributed by atoms with Gasteiger partial charge in [-0.25, -0.2) is 4.79 Å². The van der Waals surface area contributed by atoms with Gasteiger partial charge in [-0.05, 0) is 60.2 Å². The number of carbonyl (C=O) groups is 1. The molecule has 31 heavy (non-hydrogen) atoms. The summed E-state index contributed by atoms with van der Waals surface area (Å²) in [6, 6.07) is 26.1. The number of nitrogens with one attached hydrogen (secondary N) is 1. The predicted molar refractivity (Wildman–Crippen MR) is 126 cm³/mol. The number of carbonyl (C=O) groups excluding carboxylic acids is 1. The van der Waals surface area contributed by atoms with Crippen molar-refractivity contribution in [2.24, 2.45) is 0 Å². The second-order valence-electron chi connectivity index (χ2n) is 7.73. The molecule has 0 heterocycles. The van der Waals surface area contributed by atoms with Crippen LogP contribution in [0.2, 0.25) is 0 Å². The van der Waals surface area contributed by atoms with Gasteiger partial charge >= 0.3 is 6.03 Å². The summed E-state index contributed by atoms with van der Waals surface area (Å²) in [5.41, 5.74) is 4.48. The van der Waals surface area contributed by atoms with Crippen molar-refractivity contribution in [2.45, 2.75) is 25.3 Å². The molecule has 2 amide bonds. The lowest BCUT2D eigenvalue weighted by atomic mass is 9.87. The molecule has 4 nitrogen and oxygen atoms in total. The number of anilines is 1. The molecule has 1 unspecified atom stereocenters. The van der Waals surface area contributed by atoms with E-state index in [0.717, 1.165) is 36.3 Å². The highest BCUT2D eigenvalue weighted by Crippen LogP contribution is 2.34. The Morgan fingerprint density at radius 3 is 2.55 bits per heavy atom. The van der Waals surface area contributed by atoms with Crippen molar-refractivity contribution in [3.63, 3.8) is 0 Å². The van der Waals surface area contributed by atoms with E-state index in [1.54, 1.807) is 7.11 Å². The van der Waals surface area contributed by atoms with Crippen LogP contribution in [0.5, 0.6) is 5.75 Å². The summed E-state index contributed by atoms with van der Waals surface area (Å²) in [4.78, 5) is 15.3. The summed E-state index contributed by atoms with van der Waals surface area (Å²) in [6.45, 7) is 0.538. The van der Waals surface area contributed by atoms with E-state index in [9.17, 15) is 4.79 Å². The van der Waals surface area contributed by atoms with Crippen LogP contribution in [0.1, 0.15) is 35.6 Å².